The Labute approximate surface area is 156 Å². The molecule has 4 rings (SSSR count). The van der Waals surface area contributed by atoms with E-state index in [1.165, 1.54) is 22.6 Å². The smallest absolute Gasteiger partial charge is 0.252 e. The average Bonchev–Trinajstić information content (AvgIpc) is 3.34. The Morgan fingerprint density at radius 2 is 2.12 bits per heavy atom. The summed E-state index contributed by atoms with van der Waals surface area (Å²) >= 11 is 1.54. The topological polar surface area (TPSA) is 63.1 Å². The second-order valence-electron chi connectivity index (χ2n) is 6.50. The van der Waals surface area contributed by atoms with E-state index in [-0.39, 0.29) is 11.9 Å². The fourth-order valence-electron chi connectivity index (χ4n) is 3.39. The number of hydrogen-bond donors (Lipinski definition) is 1. The van der Waals surface area contributed by atoms with Crippen molar-refractivity contribution in [2.24, 2.45) is 0 Å². The van der Waals surface area contributed by atoms with E-state index in [4.69, 9.17) is 0 Å². The molecular weight excluding hydrogens is 346 g/mol. The predicted octanol–water partition coefficient (Wildman–Crippen LogP) is 2.72. The molecule has 1 N–H and O–H groups in total. The number of carbonyl (C=O) groups is 1. The zero-order chi connectivity index (χ0) is 17.8. The van der Waals surface area contributed by atoms with Gasteiger partial charge in [0, 0.05) is 55.7 Å². The molecule has 0 bridgehead atoms. The van der Waals surface area contributed by atoms with Crippen molar-refractivity contribution < 1.29 is 4.79 Å². The van der Waals surface area contributed by atoms with Gasteiger partial charge < -0.3 is 5.32 Å². The third-order valence-electron chi connectivity index (χ3n) is 4.65. The zero-order valence-electron chi connectivity index (χ0n) is 14.4. The van der Waals surface area contributed by atoms with Crippen LogP contribution in [0.25, 0.3) is 0 Å². The van der Waals surface area contributed by atoms with Crippen LogP contribution in [0.1, 0.15) is 34.1 Å². The summed E-state index contributed by atoms with van der Waals surface area (Å²) in [5.74, 6) is -0.00334. The molecule has 0 fully saturated rings. The molecule has 26 heavy (non-hydrogen) atoms. The number of thiophene rings is 1. The Morgan fingerprint density at radius 1 is 1.23 bits per heavy atom. The SMILES string of the molecule is O=C(NCC[C@H]1CN(Cc2ccncc2)Cc2ccnn21)c1ccsc1. The molecule has 0 spiro atoms. The van der Waals surface area contributed by atoms with Crippen LogP contribution in [0.15, 0.2) is 53.6 Å². The number of nitrogens with one attached hydrogen (secondary N) is 1. The minimum Gasteiger partial charge on any atom is -0.352 e. The zero-order valence-corrected chi connectivity index (χ0v) is 15.2. The van der Waals surface area contributed by atoms with E-state index in [0.717, 1.165) is 31.6 Å². The van der Waals surface area contributed by atoms with Gasteiger partial charge in [0.2, 0.25) is 0 Å². The van der Waals surface area contributed by atoms with Gasteiger partial charge in [-0.2, -0.15) is 16.4 Å². The summed E-state index contributed by atoms with van der Waals surface area (Å²) in [6.07, 6.45) is 6.39. The maximum Gasteiger partial charge on any atom is 0.252 e. The second-order valence-corrected chi connectivity index (χ2v) is 7.28. The van der Waals surface area contributed by atoms with Crippen LogP contribution in [0, 0.1) is 0 Å². The summed E-state index contributed by atoms with van der Waals surface area (Å²) in [4.78, 5) is 18.6. The van der Waals surface area contributed by atoms with Gasteiger partial charge in [0.05, 0.1) is 11.7 Å². The van der Waals surface area contributed by atoms with Crippen LogP contribution in [-0.2, 0) is 13.1 Å². The van der Waals surface area contributed by atoms with Gasteiger partial charge in [0.15, 0.2) is 0 Å². The highest BCUT2D eigenvalue weighted by molar-refractivity contribution is 7.08. The van der Waals surface area contributed by atoms with Gasteiger partial charge in [-0.25, -0.2) is 0 Å². The first kappa shape index (κ1) is 16.9. The summed E-state index contributed by atoms with van der Waals surface area (Å²) in [5.41, 5.74) is 3.22. The molecule has 134 valence electrons. The molecule has 0 aliphatic carbocycles. The van der Waals surface area contributed by atoms with Crippen LogP contribution in [-0.4, -0.2) is 38.7 Å². The highest BCUT2D eigenvalue weighted by atomic mass is 32.1. The van der Waals surface area contributed by atoms with E-state index >= 15 is 0 Å². The normalized spacial score (nSPS) is 17.0. The van der Waals surface area contributed by atoms with Crippen molar-refractivity contribution in [3.63, 3.8) is 0 Å². The lowest BCUT2D eigenvalue weighted by Gasteiger charge is -2.34. The lowest BCUT2D eigenvalue weighted by atomic mass is 10.1. The Hall–Kier alpha value is -2.51. The number of rotatable bonds is 6. The van der Waals surface area contributed by atoms with Gasteiger partial charge in [0.25, 0.3) is 5.91 Å². The molecule has 0 saturated heterocycles. The number of aromatic nitrogens is 3. The fourth-order valence-corrected chi connectivity index (χ4v) is 4.03. The maximum absolute atomic E-state index is 12.1. The molecule has 3 aromatic rings. The molecule has 3 aromatic heterocycles. The summed E-state index contributed by atoms with van der Waals surface area (Å²) in [6, 6.07) is 8.31. The van der Waals surface area contributed by atoms with E-state index in [0.29, 0.717) is 6.54 Å². The molecular formula is C19H21N5OS. The van der Waals surface area contributed by atoms with E-state index in [9.17, 15) is 4.79 Å². The van der Waals surface area contributed by atoms with Crippen molar-refractivity contribution in [1.82, 2.24) is 25.0 Å². The minimum atomic E-state index is -0.00334. The van der Waals surface area contributed by atoms with Crippen molar-refractivity contribution in [3.8, 4) is 0 Å². The van der Waals surface area contributed by atoms with Crippen LogP contribution in [0.4, 0.5) is 0 Å². The number of carbonyl (C=O) groups excluding carboxylic acids is 1. The van der Waals surface area contributed by atoms with Gasteiger partial charge >= 0.3 is 0 Å². The predicted molar refractivity (Wildman–Crippen MR) is 101 cm³/mol. The van der Waals surface area contributed by atoms with E-state index in [1.807, 2.05) is 35.4 Å². The number of nitrogens with zero attached hydrogens (tertiary/aromatic N) is 4. The van der Waals surface area contributed by atoms with Gasteiger partial charge in [-0.1, -0.05) is 0 Å². The third kappa shape index (κ3) is 3.84. The molecule has 1 amide bonds. The molecule has 6 nitrogen and oxygen atoms in total. The van der Waals surface area contributed by atoms with Crippen molar-refractivity contribution in [2.45, 2.75) is 25.6 Å². The summed E-state index contributed by atoms with van der Waals surface area (Å²) in [7, 11) is 0. The van der Waals surface area contributed by atoms with Crippen molar-refractivity contribution >= 4 is 17.2 Å². The molecule has 1 aliphatic rings. The first-order valence-corrected chi connectivity index (χ1v) is 9.68. The fraction of sp³-hybridized carbons (Fsp3) is 0.316. The van der Waals surface area contributed by atoms with E-state index in [2.05, 4.69) is 43.2 Å². The number of pyridine rings is 1. The average molecular weight is 367 g/mol. The summed E-state index contributed by atoms with van der Waals surface area (Å²) in [5, 5.41) is 11.3. The molecule has 4 heterocycles. The third-order valence-corrected chi connectivity index (χ3v) is 5.34. The molecule has 0 aromatic carbocycles. The monoisotopic (exact) mass is 367 g/mol. The van der Waals surface area contributed by atoms with Crippen LogP contribution in [0.5, 0.6) is 0 Å². The lowest BCUT2D eigenvalue weighted by Crippen LogP contribution is -2.38. The highest BCUT2D eigenvalue weighted by Gasteiger charge is 2.25. The number of hydrogen-bond acceptors (Lipinski definition) is 5. The van der Waals surface area contributed by atoms with Crippen molar-refractivity contribution in [1.29, 1.82) is 0 Å². The molecule has 0 unspecified atom stereocenters. The Bertz CT molecular complexity index is 846. The Balaban J connectivity index is 1.38. The van der Waals surface area contributed by atoms with Crippen LogP contribution >= 0.6 is 11.3 Å². The summed E-state index contributed by atoms with van der Waals surface area (Å²) < 4.78 is 2.11. The maximum atomic E-state index is 12.1. The van der Waals surface area contributed by atoms with Crippen LogP contribution in [0.3, 0.4) is 0 Å². The van der Waals surface area contributed by atoms with Crippen molar-refractivity contribution in [3.05, 3.63) is 70.4 Å². The van der Waals surface area contributed by atoms with E-state index in [1.54, 1.807) is 0 Å². The van der Waals surface area contributed by atoms with Crippen LogP contribution in [0.2, 0.25) is 0 Å². The first-order valence-electron chi connectivity index (χ1n) is 8.73. The molecule has 0 saturated carbocycles. The number of amides is 1. The highest BCUT2D eigenvalue weighted by Crippen LogP contribution is 2.24. The van der Waals surface area contributed by atoms with Gasteiger partial charge in [-0.15, -0.1) is 0 Å². The minimum absolute atomic E-state index is 0.00334. The lowest BCUT2D eigenvalue weighted by molar-refractivity contribution is 0.0947. The largest absolute Gasteiger partial charge is 0.352 e. The second kappa shape index (κ2) is 7.80. The standard InChI is InChI=1S/C19H21N5OS/c25-19(16-5-10-26-14-16)21-8-3-17-12-23(11-15-1-6-20-7-2-15)13-18-4-9-22-24(17)18/h1-2,4-7,9-10,14,17H,3,8,11-13H2,(H,21,25)/t17-/m0/s1. The van der Waals surface area contributed by atoms with Crippen LogP contribution < -0.4 is 5.32 Å². The summed E-state index contributed by atoms with van der Waals surface area (Å²) in [6.45, 7) is 3.35. The first-order chi connectivity index (χ1) is 12.8. The van der Waals surface area contributed by atoms with E-state index < -0.39 is 0 Å². The Morgan fingerprint density at radius 3 is 2.92 bits per heavy atom. The van der Waals surface area contributed by atoms with Gasteiger partial charge in [-0.3, -0.25) is 19.4 Å². The van der Waals surface area contributed by atoms with Gasteiger partial charge in [0.1, 0.15) is 0 Å². The molecule has 0 radical (unpaired) electrons. The molecule has 1 aliphatic heterocycles. The quantitative estimate of drug-likeness (QED) is 0.728. The number of fused-ring (bicyclic) bond motifs is 1. The molecule has 1 atom stereocenters. The van der Waals surface area contributed by atoms with Gasteiger partial charge in [-0.05, 0) is 41.6 Å². The van der Waals surface area contributed by atoms with Crippen molar-refractivity contribution in [2.75, 3.05) is 13.1 Å². The molecule has 7 heteroatoms. The Kier molecular flexibility index (Phi) is 5.08.